The normalized spacial score (nSPS) is 10.7. The van der Waals surface area contributed by atoms with Crippen molar-refractivity contribution < 1.29 is 13.9 Å². The second-order valence-electron chi connectivity index (χ2n) is 3.43. The van der Waals surface area contributed by atoms with Gasteiger partial charge >= 0.3 is 5.97 Å². The Morgan fingerprint density at radius 1 is 1.44 bits per heavy atom. The number of ether oxygens (including phenoxy) is 1. The Labute approximate surface area is 102 Å². The maximum Gasteiger partial charge on any atom is 0.341 e. The predicted octanol–water partition coefficient (Wildman–Crippen LogP) is 3.54. The Balaban J connectivity index is 2.70. The van der Waals surface area contributed by atoms with Gasteiger partial charge in [-0.1, -0.05) is 22.9 Å². The van der Waals surface area contributed by atoms with Crippen molar-refractivity contribution in [2.45, 2.75) is 13.3 Å². The monoisotopic (exact) mass is 282 g/mol. The minimum absolute atomic E-state index is 0.386. The van der Waals surface area contributed by atoms with Gasteiger partial charge in [0.15, 0.2) is 0 Å². The van der Waals surface area contributed by atoms with Gasteiger partial charge in [-0.05, 0) is 18.2 Å². The van der Waals surface area contributed by atoms with Crippen LogP contribution >= 0.6 is 15.9 Å². The SMILES string of the molecule is CCc1cc2cc(Br)cc(C(=O)OC)c2o1. The summed E-state index contributed by atoms with van der Waals surface area (Å²) < 4.78 is 11.2. The zero-order chi connectivity index (χ0) is 11.7. The summed E-state index contributed by atoms with van der Waals surface area (Å²) in [6, 6.07) is 5.56. The van der Waals surface area contributed by atoms with Crippen LogP contribution in [0, 0.1) is 0 Å². The first-order chi connectivity index (χ1) is 7.65. The van der Waals surface area contributed by atoms with E-state index in [1.54, 1.807) is 6.07 Å². The highest BCUT2D eigenvalue weighted by atomic mass is 79.9. The molecule has 84 valence electrons. The lowest BCUT2D eigenvalue weighted by atomic mass is 10.1. The van der Waals surface area contributed by atoms with Gasteiger partial charge in [0.2, 0.25) is 0 Å². The quantitative estimate of drug-likeness (QED) is 0.791. The van der Waals surface area contributed by atoms with E-state index in [1.807, 2.05) is 19.1 Å². The maximum atomic E-state index is 11.6. The molecule has 1 aromatic heterocycles. The van der Waals surface area contributed by atoms with Crippen LogP contribution in [-0.4, -0.2) is 13.1 Å². The van der Waals surface area contributed by atoms with E-state index in [2.05, 4.69) is 15.9 Å². The van der Waals surface area contributed by atoms with Crippen molar-refractivity contribution in [2.24, 2.45) is 0 Å². The lowest BCUT2D eigenvalue weighted by Crippen LogP contribution is -2.01. The van der Waals surface area contributed by atoms with E-state index in [0.29, 0.717) is 11.1 Å². The van der Waals surface area contributed by atoms with Gasteiger partial charge in [-0.3, -0.25) is 0 Å². The van der Waals surface area contributed by atoms with Crippen LogP contribution in [0.2, 0.25) is 0 Å². The molecule has 0 fully saturated rings. The summed E-state index contributed by atoms with van der Waals surface area (Å²) >= 11 is 3.36. The third kappa shape index (κ3) is 1.85. The average molecular weight is 283 g/mol. The molecule has 0 saturated carbocycles. The summed E-state index contributed by atoms with van der Waals surface area (Å²) in [4.78, 5) is 11.6. The molecule has 0 radical (unpaired) electrons. The van der Waals surface area contributed by atoms with Crippen LogP contribution in [0.4, 0.5) is 0 Å². The molecule has 0 saturated heterocycles. The summed E-state index contributed by atoms with van der Waals surface area (Å²) in [6.45, 7) is 2.00. The Morgan fingerprint density at radius 3 is 2.81 bits per heavy atom. The summed E-state index contributed by atoms with van der Waals surface area (Å²) in [6.07, 6.45) is 0.799. The smallest absolute Gasteiger partial charge is 0.341 e. The van der Waals surface area contributed by atoms with Crippen LogP contribution in [0.1, 0.15) is 23.0 Å². The lowest BCUT2D eigenvalue weighted by Gasteiger charge is -2.00. The number of esters is 1. The third-order valence-electron chi connectivity index (χ3n) is 2.39. The minimum Gasteiger partial charge on any atom is -0.465 e. The van der Waals surface area contributed by atoms with Gasteiger partial charge in [-0.15, -0.1) is 0 Å². The van der Waals surface area contributed by atoms with E-state index >= 15 is 0 Å². The van der Waals surface area contributed by atoms with Gasteiger partial charge in [0.05, 0.1) is 7.11 Å². The van der Waals surface area contributed by atoms with Crippen molar-refractivity contribution in [2.75, 3.05) is 7.11 Å². The summed E-state index contributed by atoms with van der Waals surface area (Å²) in [5, 5.41) is 0.909. The number of rotatable bonds is 2. The van der Waals surface area contributed by atoms with Crippen molar-refractivity contribution in [3.8, 4) is 0 Å². The van der Waals surface area contributed by atoms with E-state index < -0.39 is 0 Å². The molecule has 1 heterocycles. The molecule has 0 aliphatic carbocycles. The van der Waals surface area contributed by atoms with Gasteiger partial charge in [0, 0.05) is 16.3 Å². The highest BCUT2D eigenvalue weighted by Gasteiger charge is 2.15. The average Bonchev–Trinajstić information content (AvgIpc) is 2.69. The predicted molar refractivity (Wildman–Crippen MR) is 64.6 cm³/mol. The van der Waals surface area contributed by atoms with Crippen molar-refractivity contribution >= 4 is 32.9 Å². The Kier molecular flexibility index (Phi) is 3.01. The van der Waals surface area contributed by atoms with Crippen LogP contribution in [0.15, 0.2) is 27.1 Å². The van der Waals surface area contributed by atoms with Crippen LogP contribution < -0.4 is 0 Å². The first-order valence-corrected chi connectivity index (χ1v) is 5.75. The molecular weight excluding hydrogens is 272 g/mol. The number of aryl methyl sites for hydroxylation is 1. The van der Waals surface area contributed by atoms with Crippen LogP contribution in [0.3, 0.4) is 0 Å². The number of carbonyl (C=O) groups is 1. The molecule has 4 heteroatoms. The highest BCUT2D eigenvalue weighted by Crippen LogP contribution is 2.28. The Morgan fingerprint density at radius 2 is 2.19 bits per heavy atom. The first-order valence-electron chi connectivity index (χ1n) is 4.96. The third-order valence-corrected chi connectivity index (χ3v) is 2.84. The summed E-state index contributed by atoms with van der Waals surface area (Å²) in [5.41, 5.74) is 1.04. The van der Waals surface area contributed by atoms with Crippen molar-refractivity contribution in [3.05, 3.63) is 34.0 Å². The molecule has 3 nitrogen and oxygen atoms in total. The molecule has 0 atom stereocenters. The molecule has 0 aliphatic rings. The topological polar surface area (TPSA) is 39.4 Å². The molecule has 0 amide bonds. The van der Waals surface area contributed by atoms with Gasteiger partial charge in [-0.25, -0.2) is 4.79 Å². The van der Waals surface area contributed by atoms with E-state index in [1.165, 1.54) is 7.11 Å². The molecule has 0 N–H and O–H groups in total. The number of hydrogen-bond acceptors (Lipinski definition) is 3. The number of halogens is 1. The second-order valence-corrected chi connectivity index (χ2v) is 4.35. The molecule has 1 aromatic carbocycles. The first kappa shape index (κ1) is 11.2. The highest BCUT2D eigenvalue weighted by molar-refractivity contribution is 9.10. The fourth-order valence-electron chi connectivity index (χ4n) is 1.61. The standard InChI is InChI=1S/C12H11BrO3/c1-3-9-5-7-4-8(13)6-10(11(7)16-9)12(14)15-2/h4-6H,3H2,1-2H3. The maximum absolute atomic E-state index is 11.6. The van der Waals surface area contributed by atoms with E-state index in [0.717, 1.165) is 22.0 Å². The van der Waals surface area contributed by atoms with Crippen LogP contribution in [-0.2, 0) is 11.2 Å². The van der Waals surface area contributed by atoms with E-state index in [9.17, 15) is 4.79 Å². The molecule has 16 heavy (non-hydrogen) atoms. The fourth-order valence-corrected chi connectivity index (χ4v) is 2.08. The molecular formula is C12H11BrO3. The van der Waals surface area contributed by atoms with Crippen LogP contribution in [0.25, 0.3) is 11.0 Å². The van der Waals surface area contributed by atoms with Gasteiger partial charge in [-0.2, -0.15) is 0 Å². The van der Waals surface area contributed by atoms with Crippen molar-refractivity contribution in [3.63, 3.8) is 0 Å². The number of methoxy groups -OCH3 is 1. The number of carbonyl (C=O) groups excluding carboxylic acids is 1. The van der Waals surface area contributed by atoms with Gasteiger partial charge in [0.25, 0.3) is 0 Å². The molecule has 0 aliphatic heterocycles. The molecule has 0 spiro atoms. The molecule has 0 unspecified atom stereocenters. The molecule has 2 aromatic rings. The molecule has 0 bridgehead atoms. The van der Waals surface area contributed by atoms with E-state index in [4.69, 9.17) is 9.15 Å². The fraction of sp³-hybridized carbons (Fsp3) is 0.250. The van der Waals surface area contributed by atoms with E-state index in [-0.39, 0.29) is 5.97 Å². The largest absolute Gasteiger partial charge is 0.465 e. The summed E-state index contributed by atoms with van der Waals surface area (Å²) in [5.74, 6) is 0.474. The van der Waals surface area contributed by atoms with Gasteiger partial charge in [0.1, 0.15) is 16.9 Å². The second kappa shape index (κ2) is 4.29. The van der Waals surface area contributed by atoms with Crippen LogP contribution in [0.5, 0.6) is 0 Å². The van der Waals surface area contributed by atoms with Crippen molar-refractivity contribution in [1.29, 1.82) is 0 Å². The lowest BCUT2D eigenvalue weighted by molar-refractivity contribution is 0.0601. The minimum atomic E-state index is -0.386. The Hall–Kier alpha value is -1.29. The molecule has 2 rings (SSSR count). The van der Waals surface area contributed by atoms with Crippen molar-refractivity contribution in [1.82, 2.24) is 0 Å². The summed E-state index contributed by atoms with van der Waals surface area (Å²) in [7, 11) is 1.36. The Bertz CT molecular complexity index is 542. The number of furan rings is 1. The van der Waals surface area contributed by atoms with Gasteiger partial charge < -0.3 is 9.15 Å². The number of benzene rings is 1. The number of hydrogen-bond donors (Lipinski definition) is 0. The zero-order valence-corrected chi connectivity index (χ0v) is 10.6. The zero-order valence-electron chi connectivity index (χ0n) is 9.04. The number of fused-ring (bicyclic) bond motifs is 1.